The molecule has 0 radical (unpaired) electrons. The molecule has 1 aliphatic heterocycles. The van der Waals surface area contributed by atoms with Crippen LogP contribution in [-0.2, 0) is 34.5 Å². The highest BCUT2D eigenvalue weighted by molar-refractivity contribution is 5.90. The maximum atomic E-state index is 14.5. The fourth-order valence-corrected chi connectivity index (χ4v) is 7.07. The summed E-state index contributed by atoms with van der Waals surface area (Å²) in [6.07, 6.45) is -1.09. The number of hydrogen-bond acceptors (Lipinski definition) is 8. The quantitative estimate of drug-likeness (QED) is 0.136. The number of aromatic nitrogens is 1. The maximum Gasteiger partial charge on any atom is 0.417 e. The fourth-order valence-electron chi connectivity index (χ4n) is 7.07. The van der Waals surface area contributed by atoms with Gasteiger partial charge in [-0.1, -0.05) is 122 Å². The molecule has 1 saturated heterocycles. The van der Waals surface area contributed by atoms with Gasteiger partial charge in [-0.15, -0.1) is 0 Å². The number of hydrogen-bond donors (Lipinski definition) is 3. The van der Waals surface area contributed by atoms with Gasteiger partial charge in [0.2, 0.25) is 5.91 Å². The van der Waals surface area contributed by atoms with Gasteiger partial charge in [0, 0.05) is 38.4 Å². The highest BCUT2D eigenvalue weighted by atomic mass is 16.5. The predicted molar refractivity (Wildman–Crippen MR) is 225 cm³/mol. The van der Waals surface area contributed by atoms with E-state index in [4.69, 9.17) is 4.74 Å². The lowest BCUT2D eigenvalue weighted by molar-refractivity contribution is -0.128. The van der Waals surface area contributed by atoms with Crippen molar-refractivity contribution in [2.75, 3.05) is 33.3 Å². The third-order valence-corrected chi connectivity index (χ3v) is 10.4. The number of pyridine rings is 1. The van der Waals surface area contributed by atoms with Gasteiger partial charge in [-0.25, -0.2) is 24.3 Å². The van der Waals surface area contributed by atoms with Crippen LogP contribution in [0.2, 0.25) is 0 Å². The first-order chi connectivity index (χ1) is 27.3. The minimum absolute atomic E-state index is 0.0667. The van der Waals surface area contributed by atoms with E-state index in [-0.39, 0.29) is 49.3 Å². The molecule has 13 nitrogen and oxygen atoms in total. The molecule has 4 rings (SSSR count). The molecule has 0 saturated carbocycles. The summed E-state index contributed by atoms with van der Waals surface area (Å²) in [5.74, 6) is -0.553. The molecular formula is C45H65N7O6. The first-order valence-corrected chi connectivity index (χ1v) is 20.3. The van der Waals surface area contributed by atoms with Crippen molar-refractivity contribution in [1.29, 1.82) is 0 Å². The standard InChI is InChI=1S/C45H65N7O6/c1-11-31(2)39(51-25-24-49(42(51)56)28-36-19-15-16-32(3)46-36)40(54)47-37(26-33-17-13-12-14-18-33)38(53)29-50(27-34-20-22-35(23-21-34)45(7,8)9)48-41(55)52(43(57)58-10)30-44(4,5)6/h12-23,31,37-39,53H,11,24-30H2,1-10H3,(H,47,54)(H,48,55). The molecule has 1 fully saturated rings. The molecule has 2 aromatic carbocycles. The number of imide groups is 1. The van der Waals surface area contributed by atoms with Crippen molar-refractivity contribution < 1.29 is 29.0 Å². The molecule has 2 heterocycles. The molecule has 1 aliphatic rings. The summed E-state index contributed by atoms with van der Waals surface area (Å²) < 4.78 is 4.97. The van der Waals surface area contributed by atoms with Crippen LogP contribution in [0.5, 0.6) is 0 Å². The zero-order valence-electron chi connectivity index (χ0n) is 36.1. The molecule has 6 amide bonds. The minimum Gasteiger partial charge on any atom is -0.452 e. The van der Waals surface area contributed by atoms with Gasteiger partial charge in [-0.3, -0.25) is 15.2 Å². The maximum absolute atomic E-state index is 14.5. The van der Waals surface area contributed by atoms with E-state index < -0.39 is 35.7 Å². The number of ether oxygens (including phenoxy) is 1. The monoisotopic (exact) mass is 799 g/mol. The van der Waals surface area contributed by atoms with Crippen molar-refractivity contribution >= 4 is 24.1 Å². The molecule has 4 unspecified atom stereocenters. The largest absolute Gasteiger partial charge is 0.452 e. The Morgan fingerprint density at radius 3 is 2.19 bits per heavy atom. The summed E-state index contributed by atoms with van der Waals surface area (Å²) in [7, 11) is 1.22. The molecule has 3 aromatic rings. The molecule has 316 valence electrons. The molecule has 58 heavy (non-hydrogen) atoms. The van der Waals surface area contributed by atoms with Gasteiger partial charge < -0.3 is 25.0 Å². The lowest BCUT2D eigenvalue weighted by Gasteiger charge is -2.35. The number of rotatable bonds is 16. The van der Waals surface area contributed by atoms with Gasteiger partial charge in [-0.05, 0) is 58.9 Å². The SMILES string of the molecule is CCC(C)C(C(=O)NC(Cc1ccccc1)C(O)CN(Cc1ccc(C(C)(C)C)cc1)NC(=O)N(CC(C)(C)C)C(=O)OC)N1CCN(Cc2cccc(C)n2)C1=O. The summed E-state index contributed by atoms with van der Waals surface area (Å²) >= 11 is 0. The zero-order chi connectivity index (χ0) is 42.8. The van der Waals surface area contributed by atoms with E-state index in [1.165, 1.54) is 7.11 Å². The number of aryl methyl sites for hydroxylation is 1. The lowest BCUT2D eigenvalue weighted by Crippen LogP contribution is -2.59. The smallest absolute Gasteiger partial charge is 0.417 e. The van der Waals surface area contributed by atoms with Crippen LogP contribution in [0.25, 0.3) is 0 Å². The summed E-state index contributed by atoms with van der Waals surface area (Å²) in [6, 6.07) is 20.7. The van der Waals surface area contributed by atoms with Gasteiger partial charge in [0.05, 0.1) is 31.5 Å². The van der Waals surface area contributed by atoms with Gasteiger partial charge in [0.25, 0.3) is 0 Å². The number of nitrogens with zero attached hydrogens (tertiary/aromatic N) is 5. The van der Waals surface area contributed by atoms with Crippen molar-refractivity contribution in [3.63, 3.8) is 0 Å². The van der Waals surface area contributed by atoms with Crippen molar-refractivity contribution in [3.8, 4) is 0 Å². The molecular weight excluding hydrogens is 735 g/mol. The average Bonchev–Trinajstić information content (AvgIpc) is 3.51. The molecule has 1 aromatic heterocycles. The van der Waals surface area contributed by atoms with Crippen molar-refractivity contribution in [2.24, 2.45) is 11.3 Å². The molecule has 13 heteroatoms. The first kappa shape index (κ1) is 45.7. The van der Waals surface area contributed by atoms with E-state index in [0.29, 0.717) is 26.1 Å². The second-order valence-corrected chi connectivity index (χ2v) is 17.7. The summed E-state index contributed by atoms with van der Waals surface area (Å²) in [4.78, 5) is 64.0. The van der Waals surface area contributed by atoms with E-state index in [2.05, 4.69) is 36.5 Å². The van der Waals surface area contributed by atoms with E-state index in [9.17, 15) is 24.3 Å². The second kappa shape index (κ2) is 20.1. The van der Waals surface area contributed by atoms with Crippen LogP contribution in [0.15, 0.2) is 72.8 Å². The van der Waals surface area contributed by atoms with Crippen LogP contribution in [0.3, 0.4) is 0 Å². The highest BCUT2D eigenvalue weighted by Gasteiger charge is 2.41. The summed E-state index contributed by atoms with van der Waals surface area (Å²) in [5.41, 5.74) is 6.90. The lowest BCUT2D eigenvalue weighted by atomic mass is 9.87. The first-order valence-electron chi connectivity index (χ1n) is 20.3. The number of nitrogens with one attached hydrogen (secondary N) is 2. The number of carbonyl (C=O) groups excluding carboxylic acids is 4. The van der Waals surface area contributed by atoms with Crippen molar-refractivity contribution in [2.45, 2.75) is 112 Å². The number of aliphatic hydroxyl groups is 1. The van der Waals surface area contributed by atoms with Gasteiger partial charge >= 0.3 is 18.2 Å². The van der Waals surface area contributed by atoms with Crippen molar-refractivity contribution in [3.05, 3.63) is 101 Å². The van der Waals surface area contributed by atoms with Gasteiger partial charge in [0.15, 0.2) is 0 Å². The van der Waals surface area contributed by atoms with Crippen LogP contribution in [0.1, 0.15) is 89.9 Å². The van der Waals surface area contributed by atoms with Gasteiger partial charge in [-0.2, -0.15) is 0 Å². The Balaban J connectivity index is 1.63. The Kier molecular flexibility index (Phi) is 15.8. The minimum atomic E-state index is -1.21. The summed E-state index contributed by atoms with van der Waals surface area (Å²) in [6.45, 7) is 19.3. The highest BCUT2D eigenvalue weighted by Crippen LogP contribution is 2.25. The molecule has 0 bridgehead atoms. The van der Waals surface area contributed by atoms with Gasteiger partial charge in [0.1, 0.15) is 6.04 Å². The molecule has 3 N–H and O–H groups in total. The normalized spacial score (nSPS) is 15.5. The molecule has 4 atom stereocenters. The third-order valence-electron chi connectivity index (χ3n) is 10.4. The fraction of sp³-hybridized carbons (Fsp3) is 0.533. The van der Waals surface area contributed by atoms with E-state index in [1.807, 2.05) is 114 Å². The Labute approximate surface area is 345 Å². The number of aliphatic hydroxyl groups excluding tert-OH is 1. The zero-order valence-corrected chi connectivity index (χ0v) is 36.1. The number of amides is 6. The predicted octanol–water partition coefficient (Wildman–Crippen LogP) is 6.67. The van der Waals surface area contributed by atoms with Crippen LogP contribution in [0, 0.1) is 18.3 Å². The van der Waals surface area contributed by atoms with E-state index >= 15 is 0 Å². The van der Waals surface area contributed by atoms with Crippen LogP contribution >= 0.6 is 0 Å². The third kappa shape index (κ3) is 13.0. The summed E-state index contributed by atoms with van der Waals surface area (Å²) in [5, 5.41) is 16.8. The second-order valence-electron chi connectivity index (χ2n) is 17.7. The van der Waals surface area contributed by atoms with Crippen LogP contribution in [-0.4, -0.2) is 105 Å². The Hall–Kier alpha value is -5.01. The van der Waals surface area contributed by atoms with Crippen LogP contribution < -0.4 is 10.7 Å². The number of hydrazine groups is 1. The number of carbonyl (C=O) groups is 4. The average molecular weight is 800 g/mol. The topological polar surface area (TPSA) is 148 Å². The number of benzene rings is 2. The van der Waals surface area contributed by atoms with Crippen molar-refractivity contribution in [1.82, 2.24) is 35.4 Å². The number of urea groups is 2. The number of methoxy groups -OCH3 is 1. The van der Waals surface area contributed by atoms with E-state index in [1.54, 1.807) is 14.8 Å². The Morgan fingerprint density at radius 1 is 0.931 bits per heavy atom. The van der Waals surface area contributed by atoms with E-state index in [0.717, 1.165) is 33.0 Å². The Morgan fingerprint density at radius 2 is 1.60 bits per heavy atom. The molecule has 0 aliphatic carbocycles. The Bertz CT molecular complexity index is 1830. The molecule has 0 spiro atoms. The van der Waals surface area contributed by atoms with Crippen LogP contribution in [0.4, 0.5) is 14.4 Å².